The maximum atomic E-state index is 13.7. The number of nitrogen functional groups attached to an aromatic ring is 1. The summed E-state index contributed by atoms with van der Waals surface area (Å²) in [5.74, 6) is 0.725. The Hall–Kier alpha value is -3.40. The lowest BCUT2D eigenvalue weighted by Crippen LogP contribution is -2.26. The highest BCUT2D eigenvalue weighted by molar-refractivity contribution is 8.00. The van der Waals surface area contributed by atoms with Crippen LogP contribution >= 0.6 is 34.7 Å². The SMILES string of the molecule is CSc1ncc(-c2cnc(N)nc2N[C@@H](C)c2cc3cccc(Cl)c3c(=O)n2-c2ccccc2)s1. The van der Waals surface area contributed by atoms with E-state index in [1.807, 2.05) is 61.7 Å². The first-order chi connectivity index (χ1) is 17.0. The Bertz CT molecular complexity index is 1580. The van der Waals surface area contributed by atoms with Gasteiger partial charge in [0.25, 0.3) is 5.56 Å². The van der Waals surface area contributed by atoms with Crippen LogP contribution in [0.2, 0.25) is 5.02 Å². The molecule has 3 aromatic heterocycles. The zero-order valence-electron chi connectivity index (χ0n) is 18.9. The van der Waals surface area contributed by atoms with Gasteiger partial charge in [-0.2, -0.15) is 4.98 Å². The van der Waals surface area contributed by atoms with Crippen molar-refractivity contribution in [2.45, 2.75) is 17.3 Å². The minimum absolute atomic E-state index is 0.156. The number of benzene rings is 2. The molecule has 5 aromatic rings. The van der Waals surface area contributed by atoms with E-state index in [2.05, 4.69) is 20.3 Å². The van der Waals surface area contributed by atoms with Crippen molar-refractivity contribution >= 4 is 57.2 Å². The van der Waals surface area contributed by atoms with Crippen molar-refractivity contribution in [3.63, 3.8) is 0 Å². The molecule has 1 atom stereocenters. The molecular formula is C25H21ClN6OS2. The van der Waals surface area contributed by atoms with Crippen molar-refractivity contribution in [3.8, 4) is 16.1 Å². The fraction of sp³-hybridized carbons (Fsp3) is 0.120. The number of nitrogens with one attached hydrogen (secondary N) is 1. The predicted molar refractivity (Wildman–Crippen MR) is 146 cm³/mol. The molecule has 10 heteroatoms. The minimum atomic E-state index is -0.313. The van der Waals surface area contributed by atoms with Crippen LogP contribution in [-0.2, 0) is 0 Å². The Kier molecular flexibility index (Phi) is 6.46. The average molecular weight is 521 g/mol. The van der Waals surface area contributed by atoms with E-state index in [0.29, 0.717) is 16.2 Å². The molecular weight excluding hydrogens is 500 g/mol. The van der Waals surface area contributed by atoms with Gasteiger partial charge < -0.3 is 11.1 Å². The van der Waals surface area contributed by atoms with Crippen LogP contribution in [0.1, 0.15) is 18.7 Å². The van der Waals surface area contributed by atoms with Crippen LogP contribution in [0, 0.1) is 0 Å². The summed E-state index contributed by atoms with van der Waals surface area (Å²) in [5.41, 5.74) is 8.05. The standard InChI is InChI=1S/C25H21ClN6OS2/c1-14(30-22-17(12-28-24(27)31-22)20-13-29-25(34-2)35-20)19-11-15-7-6-10-18(26)21(15)23(33)32(19)16-8-4-3-5-9-16/h3-14H,1-2H3,(H3,27,28,30,31)/t14-/m0/s1. The van der Waals surface area contributed by atoms with Crippen LogP contribution in [-0.4, -0.2) is 25.8 Å². The van der Waals surface area contributed by atoms with E-state index in [-0.39, 0.29) is 17.5 Å². The normalized spacial score (nSPS) is 12.1. The van der Waals surface area contributed by atoms with Gasteiger partial charge in [-0.25, -0.2) is 9.97 Å². The second-order valence-corrected chi connectivity index (χ2v) is 10.3. The summed E-state index contributed by atoms with van der Waals surface area (Å²) >= 11 is 9.57. The first-order valence-corrected chi connectivity index (χ1v) is 13.2. The highest BCUT2D eigenvalue weighted by atomic mass is 35.5. The van der Waals surface area contributed by atoms with E-state index in [9.17, 15) is 4.79 Å². The lowest BCUT2D eigenvalue weighted by molar-refractivity contribution is 0.773. The number of aromatic nitrogens is 4. The molecule has 176 valence electrons. The van der Waals surface area contributed by atoms with E-state index in [4.69, 9.17) is 17.3 Å². The number of anilines is 2. The monoisotopic (exact) mass is 520 g/mol. The molecule has 0 bridgehead atoms. The van der Waals surface area contributed by atoms with Gasteiger partial charge in [0.1, 0.15) is 10.2 Å². The third-order valence-electron chi connectivity index (χ3n) is 5.57. The highest BCUT2D eigenvalue weighted by Gasteiger charge is 2.20. The number of fused-ring (bicyclic) bond motifs is 1. The van der Waals surface area contributed by atoms with Crippen molar-refractivity contribution in [1.82, 2.24) is 19.5 Å². The summed E-state index contributed by atoms with van der Waals surface area (Å²) in [6.45, 7) is 1.98. The minimum Gasteiger partial charge on any atom is -0.368 e. The lowest BCUT2D eigenvalue weighted by Gasteiger charge is -2.22. The smallest absolute Gasteiger partial charge is 0.264 e. The second-order valence-electron chi connectivity index (χ2n) is 7.80. The van der Waals surface area contributed by atoms with Gasteiger partial charge in [-0.15, -0.1) is 11.3 Å². The molecule has 0 fully saturated rings. The molecule has 0 unspecified atom stereocenters. The number of nitrogens with zero attached hydrogens (tertiary/aromatic N) is 4. The first-order valence-electron chi connectivity index (χ1n) is 10.7. The number of thioether (sulfide) groups is 1. The van der Waals surface area contributed by atoms with Crippen LogP contribution in [0.3, 0.4) is 0 Å². The number of nitrogens with two attached hydrogens (primary N) is 1. The van der Waals surface area contributed by atoms with Gasteiger partial charge in [0, 0.05) is 23.8 Å². The summed E-state index contributed by atoms with van der Waals surface area (Å²) in [7, 11) is 0. The average Bonchev–Trinajstić information content (AvgIpc) is 3.33. The highest BCUT2D eigenvalue weighted by Crippen LogP contribution is 2.35. The number of halogens is 1. The summed E-state index contributed by atoms with van der Waals surface area (Å²) in [6, 6.07) is 16.6. The molecule has 3 heterocycles. The topological polar surface area (TPSA) is 98.7 Å². The van der Waals surface area contributed by atoms with E-state index in [1.54, 1.807) is 46.1 Å². The Morgan fingerprint density at radius 3 is 2.66 bits per heavy atom. The van der Waals surface area contributed by atoms with Gasteiger partial charge in [-0.3, -0.25) is 9.36 Å². The summed E-state index contributed by atoms with van der Waals surface area (Å²) in [4.78, 5) is 27.7. The molecule has 2 aromatic carbocycles. The molecule has 0 amide bonds. The van der Waals surface area contributed by atoms with Crippen molar-refractivity contribution in [3.05, 3.63) is 88.1 Å². The van der Waals surface area contributed by atoms with Crippen LogP contribution < -0.4 is 16.6 Å². The Morgan fingerprint density at radius 1 is 1.11 bits per heavy atom. The van der Waals surface area contributed by atoms with Crippen LogP contribution in [0.4, 0.5) is 11.8 Å². The van der Waals surface area contributed by atoms with Crippen LogP contribution in [0.5, 0.6) is 0 Å². The Balaban J connectivity index is 1.65. The van der Waals surface area contributed by atoms with Crippen LogP contribution in [0.25, 0.3) is 26.9 Å². The molecule has 0 aliphatic carbocycles. The fourth-order valence-corrected chi connectivity index (χ4v) is 5.63. The third-order valence-corrected chi connectivity index (χ3v) is 7.91. The van der Waals surface area contributed by atoms with Gasteiger partial charge in [0.2, 0.25) is 5.95 Å². The van der Waals surface area contributed by atoms with Crippen molar-refractivity contribution in [2.75, 3.05) is 17.3 Å². The van der Waals surface area contributed by atoms with Crippen molar-refractivity contribution in [2.24, 2.45) is 0 Å². The molecule has 35 heavy (non-hydrogen) atoms. The summed E-state index contributed by atoms with van der Waals surface area (Å²) in [6.07, 6.45) is 5.48. The zero-order chi connectivity index (χ0) is 24.5. The largest absolute Gasteiger partial charge is 0.368 e. The second kappa shape index (κ2) is 9.69. The maximum Gasteiger partial charge on any atom is 0.264 e. The molecule has 3 N–H and O–H groups in total. The van der Waals surface area contributed by atoms with E-state index in [0.717, 1.165) is 31.5 Å². The fourth-order valence-electron chi connectivity index (χ4n) is 3.94. The molecule has 0 radical (unpaired) electrons. The lowest BCUT2D eigenvalue weighted by atomic mass is 10.1. The molecule has 5 rings (SSSR count). The van der Waals surface area contributed by atoms with Crippen molar-refractivity contribution in [1.29, 1.82) is 0 Å². The molecule has 0 aliphatic heterocycles. The molecule has 7 nitrogen and oxygen atoms in total. The third kappa shape index (κ3) is 4.50. The summed E-state index contributed by atoms with van der Waals surface area (Å²) < 4.78 is 2.63. The predicted octanol–water partition coefficient (Wildman–Crippen LogP) is 6.03. The van der Waals surface area contributed by atoms with E-state index >= 15 is 0 Å². The Labute approximate surface area is 215 Å². The number of pyridine rings is 1. The number of thiazole rings is 1. The molecule has 0 saturated carbocycles. The molecule has 0 spiro atoms. The van der Waals surface area contributed by atoms with Gasteiger partial charge in [0.05, 0.1) is 26.9 Å². The van der Waals surface area contributed by atoms with Gasteiger partial charge in [-0.1, -0.05) is 53.7 Å². The van der Waals surface area contributed by atoms with Gasteiger partial charge >= 0.3 is 0 Å². The number of rotatable bonds is 6. The van der Waals surface area contributed by atoms with Crippen molar-refractivity contribution < 1.29 is 0 Å². The number of hydrogen-bond donors (Lipinski definition) is 2. The maximum absolute atomic E-state index is 13.7. The zero-order valence-corrected chi connectivity index (χ0v) is 21.3. The van der Waals surface area contributed by atoms with Gasteiger partial charge in [-0.05, 0) is 42.8 Å². The number of para-hydroxylation sites is 1. The Morgan fingerprint density at radius 2 is 1.91 bits per heavy atom. The van der Waals surface area contributed by atoms with E-state index < -0.39 is 0 Å². The molecule has 0 saturated heterocycles. The quantitative estimate of drug-likeness (QED) is 0.263. The first kappa shape index (κ1) is 23.3. The summed E-state index contributed by atoms with van der Waals surface area (Å²) in [5, 5.41) is 5.13. The molecule has 0 aliphatic rings. The number of hydrogen-bond acceptors (Lipinski definition) is 8. The van der Waals surface area contributed by atoms with E-state index in [1.165, 1.54) is 0 Å². The van der Waals surface area contributed by atoms with Gasteiger partial charge in [0.15, 0.2) is 0 Å². The van der Waals surface area contributed by atoms with Crippen LogP contribution in [0.15, 0.2) is 76.1 Å².